The molecule has 2 rings (SSSR count). The molecule has 1 aliphatic heterocycles. The SMILES string of the molecule is C[C@H]1CCC[NH+](C[C@H](O)COc2ccc(Br)cc2)C1. The first-order chi connectivity index (χ1) is 9.13. The van der Waals surface area contributed by atoms with Gasteiger partial charge in [0.15, 0.2) is 0 Å². The second-order valence-corrected chi connectivity index (χ2v) is 6.49. The van der Waals surface area contributed by atoms with Gasteiger partial charge in [-0.2, -0.15) is 0 Å². The number of ether oxygens (including phenoxy) is 1. The van der Waals surface area contributed by atoms with E-state index in [1.807, 2.05) is 24.3 Å². The van der Waals surface area contributed by atoms with Gasteiger partial charge in [-0.3, -0.25) is 0 Å². The summed E-state index contributed by atoms with van der Waals surface area (Å²) in [6.45, 7) is 5.82. The van der Waals surface area contributed by atoms with Crippen molar-refractivity contribution in [2.45, 2.75) is 25.9 Å². The highest BCUT2D eigenvalue weighted by Gasteiger charge is 2.22. The van der Waals surface area contributed by atoms with E-state index in [1.165, 1.54) is 30.8 Å². The molecule has 1 unspecified atom stereocenters. The number of benzene rings is 1. The first kappa shape index (κ1) is 14.8. The van der Waals surface area contributed by atoms with E-state index in [0.29, 0.717) is 6.61 Å². The summed E-state index contributed by atoms with van der Waals surface area (Å²) in [6.07, 6.45) is 2.22. The highest BCUT2D eigenvalue weighted by atomic mass is 79.9. The molecule has 2 N–H and O–H groups in total. The molecular weight excluding hydrogens is 306 g/mol. The van der Waals surface area contributed by atoms with E-state index in [1.54, 1.807) is 0 Å². The number of aliphatic hydroxyl groups is 1. The molecule has 0 amide bonds. The third kappa shape index (κ3) is 5.13. The molecule has 0 aliphatic carbocycles. The summed E-state index contributed by atoms with van der Waals surface area (Å²) in [6, 6.07) is 7.71. The van der Waals surface area contributed by atoms with Crippen molar-refractivity contribution in [1.82, 2.24) is 0 Å². The van der Waals surface area contributed by atoms with Crippen LogP contribution in [0, 0.1) is 5.92 Å². The predicted molar refractivity (Wildman–Crippen MR) is 79.6 cm³/mol. The van der Waals surface area contributed by atoms with Crippen LogP contribution in [0.2, 0.25) is 0 Å². The summed E-state index contributed by atoms with van der Waals surface area (Å²) in [7, 11) is 0. The maximum atomic E-state index is 10.0. The molecule has 3 atom stereocenters. The van der Waals surface area contributed by atoms with Crippen LogP contribution in [0.5, 0.6) is 5.75 Å². The molecule has 1 aromatic rings. The lowest BCUT2D eigenvalue weighted by Crippen LogP contribution is -3.14. The Bertz CT molecular complexity index is 382. The highest BCUT2D eigenvalue weighted by Crippen LogP contribution is 2.16. The lowest BCUT2D eigenvalue weighted by Gasteiger charge is -2.29. The average Bonchev–Trinajstić information content (AvgIpc) is 2.38. The van der Waals surface area contributed by atoms with Crippen molar-refractivity contribution in [2.24, 2.45) is 5.92 Å². The van der Waals surface area contributed by atoms with Gasteiger partial charge in [-0.15, -0.1) is 0 Å². The third-order valence-corrected chi connectivity index (χ3v) is 4.17. The van der Waals surface area contributed by atoms with Crippen LogP contribution in [0.15, 0.2) is 28.7 Å². The van der Waals surface area contributed by atoms with E-state index in [4.69, 9.17) is 4.74 Å². The van der Waals surface area contributed by atoms with E-state index in [2.05, 4.69) is 22.9 Å². The molecule has 3 nitrogen and oxygen atoms in total. The van der Waals surface area contributed by atoms with Crippen molar-refractivity contribution >= 4 is 15.9 Å². The molecule has 1 saturated heterocycles. The van der Waals surface area contributed by atoms with Gasteiger partial charge in [0.2, 0.25) is 0 Å². The maximum absolute atomic E-state index is 10.0. The summed E-state index contributed by atoms with van der Waals surface area (Å²) >= 11 is 3.39. The van der Waals surface area contributed by atoms with Gasteiger partial charge in [-0.05, 0) is 37.1 Å². The zero-order valence-electron chi connectivity index (χ0n) is 11.4. The Hall–Kier alpha value is -0.580. The lowest BCUT2D eigenvalue weighted by atomic mass is 10.0. The van der Waals surface area contributed by atoms with E-state index in [9.17, 15) is 5.11 Å². The molecule has 106 valence electrons. The molecule has 19 heavy (non-hydrogen) atoms. The van der Waals surface area contributed by atoms with Crippen LogP contribution in [-0.2, 0) is 0 Å². The molecule has 1 aliphatic rings. The monoisotopic (exact) mass is 328 g/mol. The van der Waals surface area contributed by atoms with Crippen molar-refractivity contribution < 1.29 is 14.7 Å². The highest BCUT2D eigenvalue weighted by molar-refractivity contribution is 9.10. The molecule has 0 radical (unpaired) electrons. The van der Waals surface area contributed by atoms with Crippen molar-refractivity contribution in [3.05, 3.63) is 28.7 Å². The fourth-order valence-corrected chi connectivity index (χ4v) is 2.96. The quantitative estimate of drug-likeness (QED) is 0.859. The van der Waals surface area contributed by atoms with Crippen LogP contribution in [0.4, 0.5) is 0 Å². The van der Waals surface area contributed by atoms with Gasteiger partial charge < -0.3 is 14.7 Å². The first-order valence-electron chi connectivity index (χ1n) is 7.03. The van der Waals surface area contributed by atoms with Gasteiger partial charge in [-0.25, -0.2) is 0 Å². The zero-order chi connectivity index (χ0) is 13.7. The Morgan fingerprint density at radius 2 is 2.16 bits per heavy atom. The van der Waals surface area contributed by atoms with Crippen molar-refractivity contribution in [1.29, 1.82) is 0 Å². The summed E-state index contributed by atoms with van der Waals surface area (Å²) in [4.78, 5) is 1.51. The molecule has 0 spiro atoms. The van der Waals surface area contributed by atoms with Crippen LogP contribution in [0.25, 0.3) is 0 Å². The number of rotatable bonds is 5. The summed E-state index contributed by atoms with van der Waals surface area (Å²) in [5, 5.41) is 10.0. The van der Waals surface area contributed by atoms with Gasteiger partial charge in [0.05, 0.1) is 13.1 Å². The van der Waals surface area contributed by atoms with Crippen molar-refractivity contribution in [3.63, 3.8) is 0 Å². The summed E-state index contributed by atoms with van der Waals surface area (Å²) < 4.78 is 6.64. The average molecular weight is 329 g/mol. The Kier molecular flexibility index (Phi) is 5.67. The van der Waals surface area contributed by atoms with E-state index in [-0.39, 0.29) is 6.10 Å². The second-order valence-electron chi connectivity index (χ2n) is 5.57. The predicted octanol–water partition coefficient (Wildman–Crippen LogP) is 1.50. The molecule has 0 aromatic heterocycles. The van der Waals surface area contributed by atoms with E-state index < -0.39 is 0 Å². The van der Waals surface area contributed by atoms with Crippen LogP contribution in [0.3, 0.4) is 0 Å². The van der Waals surface area contributed by atoms with Crippen LogP contribution in [0.1, 0.15) is 19.8 Å². The standard InChI is InChI=1S/C15H22BrNO2/c1-12-3-2-8-17(9-12)10-14(18)11-19-15-6-4-13(16)5-7-15/h4-7,12,14,18H,2-3,8-11H2,1H3/p+1/t12-,14-/m0/s1. The molecule has 0 saturated carbocycles. The molecule has 4 heteroatoms. The summed E-state index contributed by atoms with van der Waals surface area (Å²) in [5.41, 5.74) is 0. The smallest absolute Gasteiger partial charge is 0.137 e. The third-order valence-electron chi connectivity index (χ3n) is 3.64. The van der Waals surface area contributed by atoms with Gasteiger partial charge in [0.25, 0.3) is 0 Å². The molecule has 1 aromatic carbocycles. The van der Waals surface area contributed by atoms with E-state index >= 15 is 0 Å². The number of nitrogens with one attached hydrogen (secondary N) is 1. The second kappa shape index (κ2) is 7.27. The Morgan fingerprint density at radius 3 is 2.84 bits per heavy atom. The zero-order valence-corrected chi connectivity index (χ0v) is 13.0. The molecule has 0 bridgehead atoms. The van der Waals surface area contributed by atoms with Gasteiger partial charge >= 0.3 is 0 Å². The Balaban J connectivity index is 1.72. The van der Waals surface area contributed by atoms with E-state index in [0.717, 1.165) is 22.7 Å². The molecule has 1 heterocycles. The summed E-state index contributed by atoms with van der Waals surface area (Å²) in [5.74, 6) is 1.59. The number of halogens is 1. The topological polar surface area (TPSA) is 33.9 Å². The number of hydrogen-bond acceptors (Lipinski definition) is 2. The van der Waals surface area contributed by atoms with Crippen LogP contribution >= 0.6 is 15.9 Å². The Labute approximate surface area is 123 Å². The van der Waals surface area contributed by atoms with Crippen molar-refractivity contribution in [2.75, 3.05) is 26.2 Å². The van der Waals surface area contributed by atoms with Crippen molar-refractivity contribution in [3.8, 4) is 5.75 Å². The number of quaternary nitrogens is 1. The van der Waals surface area contributed by atoms with Gasteiger partial charge in [0, 0.05) is 10.4 Å². The first-order valence-corrected chi connectivity index (χ1v) is 7.83. The minimum atomic E-state index is -0.385. The van der Waals surface area contributed by atoms with Gasteiger partial charge in [0.1, 0.15) is 25.0 Å². The normalized spacial score (nSPS) is 25.0. The number of hydrogen-bond donors (Lipinski definition) is 2. The molecule has 1 fully saturated rings. The Morgan fingerprint density at radius 1 is 1.42 bits per heavy atom. The number of aliphatic hydroxyl groups excluding tert-OH is 1. The fourth-order valence-electron chi connectivity index (χ4n) is 2.70. The fraction of sp³-hybridized carbons (Fsp3) is 0.600. The van der Waals surface area contributed by atoms with Crippen LogP contribution in [-0.4, -0.2) is 37.5 Å². The minimum absolute atomic E-state index is 0.375. The van der Waals surface area contributed by atoms with Crippen LogP contribution < -0.4 is 9.64 Å². The minimum Gasteiger partial charge on any atom is -0.491 e. The number of piperidine rings is 1. The van der Waals surface area contributed by atoms with Gasteiger partial charge in [-0.1, -0.05) is 22.9 Å². The molecular formula is C15H23BrNO2+. The largest absolute Gasteiger partial charge is 0.491 e. The maximum Gasteiger partial charge on any atom is 0.137 e. The lowest BCUT2D eigenvalue weighted by molar-refractivity contribution is -0.911. The number of likely N-dealkylation sites (tertiary alicyclic amines) is 1.